The maximum atomic E-state index is 11.7. The van der Waals surface area contributed by atoms with Crippen LogP contribution in [0, 0.1) is 0 Å². The third-order valence-electron chi connectivity index (χ3n) is 5.31. The van der Waals surface area contributed by atoms with E-state index >= 15 is 0 Å². The molecule has 10 nitrogen and oxygen atoms in total. The van der Waals surface area contributed by atoms with Crippen LogP contribution in [0.15, 0.2) is 24.3 Å². The molecule has 0 aliphatic rings. The Hall–Kier alpha value is -2.86. The zero-order valence-corrected chi connectivity index (χ0v) is 22.7. The van der Waals surface area contributed by atoms with E-state index in [1.807, 2.05) is 0 Å². The maximum absolute atomic E-state index is 11.7. The van der Waals surface area contributed by atoms with Gasteiger partial charge in [-0.1, -0.05) is 0 Å². The van der Waals surface area contributed by atoms with Gasteiger partial charge in [0, 0.05) is 42.7 Å². The molecule has 0 unspecified atom stereocenters. The van der Waals surface area contributed by atoms with E-state index < -0.39 is 5.97 Å². The fraction of sp³-hybridized carbons (Fsp3) is 0.481. The van der Waals surface area contributed by atoms with Crippen LogP contribution >= 0.6 is 0 Å². The summed E-state index contributed by atoms with van der Waals surface area (Å²) < 4.78 is 35.6. The lowest BCUT2D eigenvalue weighted by molar-refractivity contribution is 0.0598. The van der Waals surface area contributed by atoms with Crippen LogP contribution in [-0.4, -0.2) is 66.8 Å². The highest BCUT2D eigenvalue weighted by molar-refractivity contribution is 5.90. The van der Waals surface area contributed by atoms with Crippen LogP contribution in [0.25, 0.3) is 0 Å². The molecular weight excluding hydrogens is 484 g/mol. The molecule has 1 N–H and O–H groups in total. The summed E-state index contributed by atoms with van der Waals surface area (Å²) in [4.78, 5) is 22.7. The minimum absolute atomic E-state index is 0.231. The predicted octanol–water partition coefficient (Wildman–Crippen LogP) is 3.74. The molecule has 0 aromatic heterocycles. The molecular formula is C27H38O10. The van der Waals surface area contributed by atoms with Crippen molar-refractivity contribution in [2.75, 3.05) is 49.8 Å². The van der Waals surface area contributed by atoms with E-state index in [1.165, 1.54) is 7.11 Å². The number of carboxylic acid groups (broad SMARTS) is 1. The van der Waals surface area contributed by atoms with Gasteiger partial charge in [-0.2, -0.15) is 0 Å². The first-order chi connectivity index (χ1) is 17.8. The molecule has 0 atom stereocenters. The summed E-state index contributed by atoms with van der Waals surface area (Å²) in [6.07, 6.45) is 0. The topological polar surface area (TPSA) is 119 Å². The highest BCUT2D eigenvalue weighted by Crippen LogP contribution is 2.22. The van der Waals surface area contributed by atoms with Crippen LogP contribution in [0.5, 0.6) is 0 Å². The number of aromatic carboxylic acids is 1. The first kappa shape index (κ1) is 32.2. The minimum Gasteiger partial charge on any atom is -0.478 e. The molecule has 206 valence electrons. The van der Waals surface area contributed by atoms with E-state index in [1.54, 1.807) is 66.9 Å². The number of esters is 1. The second kappa shape index (κ2) is 17.6. The first-order valence-electron chi connectivity index (χ1n) is 11.4. The predicted molar refractivity (Wildman–Crippen MR) is 135 cm³/mol. The number of methoxy groups -OCH3 is 7. The van der Waals surface area contributed by atoms with Gasteiger partial charge in [-0.25, -0.2) is 9.59 Å². The lowest BCUT2D eigenvalue weighted by Gasteiger charge is -2.15. The van der Waals surface area contributed by atoms with E-state index in [4.69, 9.17) is 38.3 Å². The number of carbonyl (C=O) groups excluding carboxylic acids is 1. The van der Waals surface area contributed by atoms with Crippen LogP contribution in [-0.2, 0) is 72.8 Å². The van der Waals surface area contributed by atoms with Crippen LogP contribution in [0.2, 0.25) is 0 Å². The highest BCUT2D eigenvalue weighted by atomic mass is 16.5. The summed E-state index contributed by atoms with van der Waals surface area (Å²) in [6, 6.07) is 6.75. The molecule has 37 heavy (non-hydrogen) atoms. The van der Waals surface area contributed by atoms with Crippen molar-refractivity contribution in [3.63, 3.8) is 0 Å². The Balaban J connectivity index is 0.000000371. The molecule has 2 aromatic rings. The zero-order chi connectivity index (χ0) is 27.8. The number of hydrogen-bond donors (Lipinski definition) is 1. The van der Waals surface area contributed by atoms with E-state index in [0.717, 1.165) is 33.4 Å². The fourth-order valence-electron chi connectivity index (χ4n) is 3.75. The molecule has 0 saturated heterocycles. The average molecular weight is 523 g/mol. The van der Waals surface area contributed by atoms with Gasteiger partial charge in [-0.05, 0) is 57.6 Å². The molecule has 10 heteroatoms. The molecule has 0 aliphatic heterocycles. The summed E-state index contributed by atoms with van der Waals surface area (Å²) in [5.74, 6) is -1.34. The van der Waals surface area contributed by atoms with Gasteiger partial charge >= 0.3 is 11.9 Å². The average Bonchev–Trinajstić information content (AvgIpc) is 2.88. The largest absolute Gasteiger partial charge is 0.478 e. The van der Waals surface area contributed by atoms with Gasteiger partial charge < -0.3 is 38.3 Å². The molecule has 0 bridgehead atoms. The van der Waals surface area contributed by atoms with Gasteiger partial charge in [0.2, 0.25) is 0 Å². The Labute approximate surface area is 218 Å². The zero-order valence-electron chi connectivity index (χ0n) is 22.7. The van der Waals surface area contributed by atoms with Crippen LogP contribution < -0.4 is 0 Å². The minimum atomic E-state index is -0.964. The third-order valence-corrected chi connectivity index (χ3v) is 5.31. The van der Waals surface area contributed by atoms with Gasteiger partial charge in [0.25, 0.3) is 0 Å². The van der Waals surface area contributed by atoms with Gasteiger partial charge in [-0.15, -0.1) is 0 Å². The van der Waals surface area contributed by atoms with E-state index in [-0.39, 0.29) is 11.5 Å². The van der Waals surface area contributed by atoms with Gasteiger partial charge in [0.1, 0.15) is 0 Å². The van der Waals surface area contributed by atoms with Crippen LogP contribution in [0.3, 0.4) is 0 Å². The van der Waals surface area contributed by atoms with E-state index in [9.17, 15) is 9.59 Å². The smallest absolute Gasteiger partial charge is 0.337 e. The molecule has 0 heterocycles. The number of hydrogen-bond acceptors (Lipinski definition) is 9. The molecule has 2 rings (SSSR count). The number of rotatable bonds is 14. The molecule has 0 fully saturated rings. The summed E-state index contributed by atoms with van der Waals surface area (Å²) in [6.45, 7) is 2.34. The molecule has 0 aliphatic carbocycles. The quantitative estimate of drug-likeness (QED) is 0.368. The third kappa shape index (κ3) is 9.84. The van der Waals surface area contributed by atoms with Crippen molar-refractivity contribution in [1.29, 1.82) is 0 Å². The van der Waals surface area contributed by atoms with Crippen molar-refractivity contribution in [1.82, 2.24) is 0 Å². The fourth-order valence-corrected chi connectivity index (χ4v) is 3.75. The lowest BCUT2D eigenvalue weighted by atomic mass is 9.98. The van der Waals surface area contributed by atoms with Gasteiger partial charge in [-0.3, -0.25) is 0 Å². The van der Waals surface area contributed by atoms with Gasteiger partial charge in [0.05, 0.1) is 57.9 Å². The monoisotopic (exact) mass is 522 g/mol. The van der Waals surface area contributed by atoms with Crippen molar-refractivity contribution in [3.8, 4) is 0 Å². The van der Waals surface area contributed by atoms with Crippen LogP contribution in [0.4, 0.5) is 0 Å². The van der Waals surface area contributed by atoms with Crippen molar-refractivity contribution >= 4 is 11.9 Å². The molecule has 0 spiro atoms. The van der Waals surface area contributed by atoms with E-state index in [0.29, 0.717) is 45.2 Å². The van der Waals surface area contributed by atoms with Crippen molar-refractivity contribution < 1.29 is 47.9 Å². The second-order valence-corrected chi connectivity index (χ2v) is 7.94. The molecule has 0 saturated carbocycles. The normalized spacial score (nSPS) is 10.6. The number of benzene rings is 2. The lowest BCUT2D eigenvalue weighted by Crippen LogP contribution is -2.09. The number of carbonyl (C=O) groups is 2. The highest BCUT2D eigenvalue weighted by Gasteiger charge is 2.16. The maximum Gasteiger partial charge on any atom is 0.337 e. The van der Waals surface area contributed by atoms with Gasteiger partial charge in [0.15, 0.2) is 0 Å². The Morgan fingerprint density at radius 2 is 0.838 bits per heavy atom. The summed E-state index contributed by atoms with van der Waals surface area (Å²) in [7, 11) is 10.9. The number of carboxylic acids is 1. The molecule has 2 aromatic carbocycles. The summed E-state index contributed by atoms with van der Waals surface area (Å²) in [5.41, 5.74) is 6.05. The molecule has 0 radical (unpaired) electrons. The Bertz CT molecular complexity index is 949. The Morgan fingerprint density at radius 3 is 1.08 bits per heavy atom. The summed E-state index contributed by atoms with van der Waals surface area (Å²) in [5, 5.41) is 9.08. The SMILES string of the molecule is COCc1cc(C(=O)O)cc(COC)c1COC.COCc1cc(C(=O)OC)cc(COC)c1COC. The van der Waals surface area contributed by atoms with Crippen molar-refractivity contribution in [2.24, 2.45) is 0 Å². The van der Waals surface area contributed by atoms with Crippen molar-refractivity contribution in [2.45, 2.75) is 39.6 Å². The standard InChI is InChI=1S/C14H20O5.C13H18O5/c1-16-7-11-5-10(14(15)19-4)6-12(8-17-2)13(11)9-18-3;1-16-6-10-4-9(13(14)15)5-11(7-17-2)12(10)8-18-3/h5-6H,7-9H2,1-4H3;4-5H,6-8H2,1-3H3,(H,14,15). The first-order valence-corrected chi connectivity index (χ1v) is 11.4. The Kier molecular flexibility index (Phi) is 15.3. The Morgan fingerprint density at radius 1 is 0.541 bits per heavy atom. The molecule has 0 amide bonds. The second-order valence-electron chi connectivity index (χ2n) is 7.94. The summed E-state index contributed by atoms with van der Waals surface area (Å²) >= 11 is 0. The number of ether oxygens (including phenoxy) is 7. The van der Waals surface area contributed by atoms with E-state index in [2.05, 4.69) is 0 Å². The van der Waals surface area contributed by atoms with Crippen LogP contribution in [0.1, 0.15) is 54.1 Å². The van der Waals surface area contributed by atoms with Crippen molar-refractivity contribution in [3.05, 3.63) is 68.8 Å².